The molecule has 3 aliphatic rings. The van der Waals surface area contributed by atoms with Crippen LogP contribution in [0.2, 0.25) is 0 Å². The molecule has 3 aliphatic carbocycles. The summed E-state index contributed by atoms with van der Waals surface area (Å²) in [7, 11) is 0. The topological polar surface area (TPSA) is 58.2 Å². The molecule has 2 atom stereocenters. The van der Waals surface area contributed by atoms with Gasteiger partial charge in [0.25, 0.3) is 0 Å². The lowest BCUT2D eigenvalue weighted by Crippen LogP contribution is -2.45. The van der Waals surface area contributed by atoms with Crippen molar-refractivity contribution < 1.29 is 9.59 Å². The van der Waals surface area contributed by atoms with Crippen molar-refractivity contribution in [3.8, 4) is 0 Å². The first-order chi connectivity index (χ1) is 12.7. The van der Waals surface area contributed by atoms with Gasteiger partial charge in [0.05, 0.1) is 0 Å². The minimum Gasteiger partial charge on any atom is -0.353 e. The summed E-state index contributed by atoms with van der Waals surface area (Å²) >= 11 is 0. The van der Waals surface area contributed by atoms with E-state index in [1.54, 1.807) is 0 Å². The van der Waals surface area contributed by atoms with Crippen molar-refractivity contribution in [2.45, 2.75) is 109 Å². The Morgan fingerprint density at radius 3 is 2.12 bits per heavy atom. The van der Waals surface area contributed by atoms with Crippen LogP contribution in [0.5, 0.6) is 0 Å². The van der Waals surface area contributed by atoms with E-state index in [9.17, 15) is 9.59 Å². The molecule has 0 aromatic rings. The van der Waals surface area contributed by atoms with Crippen molar-refractivity contribution in [2.24, 2.45) is 17.8 Å². The average molecular weight is 363 g/mol. The van der Waals surface area contributed by atoms with Crippen LogP contribution >= 0.6 is 0 Å². The first-order valence-electron chi connectivity index (χ1n) is 11.3. The Labute approximate surface area is 159 Å². The molecule has 4 nitrogen and oxygen atoms in total. The van der Waals surface area contributed by atoms with Crippen molar-refractivity contribution in [1.82, 2.24) is 10.6 Å². The molecule has 0 aromatic heterocycles. The summed E-state index contributed by atoms with van der Waals surface area (Å²) in [5, 5.41) is 6.63. The Kier molecular flexibility index (Phi) is 7.39. The van der Waals surface area contributed by atoms with Gasteiger partial charge in [-0.1, -0.05) is 39.0 Å². The van der Waals surface area contributed by atoms with Crippen LogP contribution in [-0.2, 0) is 9.59 Å². The molecule has 0 bridgehead atoms. The monoisotopic (exact) mass is 362 g/mol. The first kappa shape index (κ1) is 19.7. The van der Waals surface area contributed by atoms with E-state index in [0.29, 0.717) is 12.0 Å². The fourth-order valence-corrected chi connectivity index (χ4v) is 5.35. The Morgan fingerprint density at radius 1 is 0.769 bits per heavy atom. The Bertz CT molecular complexity index is 465. The van der Waals surface area contributed by atoms with Crippen molar-refractivity contribution >= 4 is 11.8 Å². The highest BCUT2D eigenvalue weighted by atomic mass is 16.2. The number of rotatable bonds is 7. The van der Waals surface area contributed by atoms with Crippen LogP contribution in [0.1, 0.15) is 96.8 Å². The first-order valence-corrected chi connectivity index (χ1v) is 11.3. The van der Waals surface area contributed by atoms with Crippen LogP contribution in [-0.4, -0.2) is 23.9 Å². The van der Waals surface area contributed by atoms with E-state index >= 15 is 0 Å². The van der Waals surface area contributed by atoms with E-state index < -0.39 is 0 Å². The van der Waals surface area contributed by atoms with Crippen LogP contribution in [0.25, 0.3) is 0 Å². The summed E-state index contributed by atoms with van der Waals surface area (Å²) in [6.07, 6.45) is 15.8. The molecule has 0 saturated heterocycles. The molecular weight excluding hydrogens is 324 g/mol. The van der Waals surface area contributed by atoms with Gasteiger partial charge in [0, 0.05) is 23.9 Å². The Balaban J connectivity index is 1.38. The van der Waals surface area contributed by atoms with Crippen molar-refractivity contribution in [1.29, 1.82) is 0 Å². The second-order valence-corrected chi connectivity index (χ2v) is 8.99. The van der Waals surface area contributed by atoms with E-state index in [-0.39, 0.29) is 29.7 Å². The van der Waals surface area contributed by atoms with Gasteiger partial charge >= 0.3 is 0 Å². The lowest BCUT2D eigenvalue weighted by Gasteiger charge is -2.30. The van der Waals surface area contributed by atoms with E-state index in [0.717, 1.165) is 44.9 Å². The summed E-state index contributed by atoms with van der Waals surface area (Å²) in [6.45, 7) is 2.24. The molecule has 0 aromatic carbocycles. The Morgan fingerprint density at radius 2 is 1.42 bits per heavy atom. The van der Waals surface area contributed by atoms with Crippen LogP contribution in [0.15, 0.2) is 0 Å². The zero-order valence-electron chi connectivity index (χ0n) is 16.6. The van der Waals surface area contributed by atoms with Crippen molar-refractivity contribution in [2.75, 3.05) is 0 Å². The van der Waals surface area contributed by atoms with Crippen LogP contribution in [0.3, 0.4) is 0 Å². The number of amides is 2. The fourth-order valence-electron chi connectivity index (χ4n) is 5.35. The molecule has 3 rings (SSSR count). The zero-order chi connectivity index (χ0) is 18.4. The number of hydrogen-bond acceptors (Lipinski definition) is 2. The van der Waals surface area contributed by atoms with E-state index in [1.807, 2.05) is 0 Å². The Hall–Kier alpha value is -1.06. The van der Waals surface area contributed by atoms with Crippen molar-refractivity contribution in [3.05, 3.63) is 0 Å². The number of carbonyl (C=O) groups is 2. The number of nitrogens with one attached hydrogen (secondary N) is 2. The third-order valence-corrected chi connectivity index (χ3v) is 7.09. The molecule has 0 aliphatic heterocycles. The summed E-state index contributed by atoms with van der Waals surface area (Å²) in [6, 6.07) is 0.699. The maximum atomic E-state index is 12.7. The predicted octanol–water partition coefficient (Wildman–Crippen LogP) is 4.33. The third kappa shape index (κ3) is 5.23. The fraction of sp³-hybridized carbons (Fsp3) is 0.909. The summed E-state index contributed by atoms with van der Waals surface area (Å²) < 4.78 is 0. The predicted molar refractivity (Wildman–Crippen MR) is 105 cm³/mol. The van der Waals surface area contributed by atoms with Gasteiger partial charge in [-0.2, -0.15) is 0 Å². The van der Waals surface area contributed by atoms with Crippen molar-refractivity contribution in [3.63, 3.8) is 0 Å². The normalized spacial score (nSPS) is 32.5. The molecule has 26 heavy (non-hydrogen) atoms. The molecule has 3 fully saturated rings. The summed E-state index contributed by atoms with van der Waals surface area (Å²) in [4.78, 5) is 25.0. The molecule has 3 saturated carbocycles. The minimum atomic E-state index is 0.155. The molecule has 0 heterocycles. The highest BCUT2D eigenvalue weighted by Crippen LogP contribution is 2.32. The second kappa shape index (κ2) is 9.75. The molecular formula is C22H38N2O2. The second-order valence-electron chi connectivity index (χ2n) is 8.99. The van der Waals surface area contributed by atoms with E-state index in [2.05, 4.69) is 17.6 Å². The van der Waals surface area contributed by atoms with Crippen LogP contribution in [0.4, 0.5) is 0 Å². The molecule has 2 amide bonds. The standard InChI is InChI=1S/C22H38N2O2/c1-2-3-7-16-10-6-11-20(16)24-22(26)18-12-14-19(15-13-18)23-21(25)17-8-4-5-9-17/h16-20H,2-15H2,1H3,(H,23,25)(H,24,26). The minimum absolute atomic E-state index is 0.155. The van der Waals surface area contributed by atoms with E-state index in [4.69, 9.17) is 0 Å². The highest BCUT2D eigenvalue weighted by molar-refractivity contribution is 5.80. The SMILES string of the molecule is CCCCC1CCCC1NC(=O)C1CCC(NC(=O)C2CCCC2)CC1. The molecule has 2 N–H and O–H groups in total. The van der Waals surface area contributed by atoms with Gasteiger partial charge in [-0.3, -0.25) is 9.59 Å². The molecule has 4 heteroatoms. The van der Waals surface area contributed by atoms with Crippen LogP contribution in [0, 0.1) is 17.8 Å². The van der Waals surface area contributed by atoms with Gasteiger partial charge in [0.15, 0.2) is 0 Å². The van der Waals surface area contributed by atoms with Gasteiger partial charge in [-0.25, -0.2) is 0 Å². The maximum Gasteiger partial charge on any atom is 0.223 e. The largest absolute Gasteiger partial charge is 0.353 e. The summed E-state index contributed by atoms with van der Waals surface area (Å²) in [5.41, 5.74) is 0. The van der Waals surface area contributed by atoms with Gasteiger partial charge in [-0.05, 0) is 63.7 Å². The number of carbonyl (C=O) groups excluding carboxylic acids is 2. The average Bonchev–Trinajstić information content (AvgIpc) is 3.32. The quantitative estimate of drug-likeness (QED) is 0.708. The smallest absolute Gasteiger partial charge is 0.223 e. The lowest BCUT2D eigenvalue weighted by molar-refractivity contribution is -0.127. The maximum absolute atomic E-state index is 12.7. The van der Waals surface area contributed by atoms with Gasteiger partial charge in [-0.15, -0.1) is 0 Å². The highest BCUT2D eigenvalue weighted by Gasteiger charge is 2.33. The van der Waals surface area contributed by atoms with Gasteiger partial charge in [0.2, 0.25) is 11.8 Å². The molecule has 2 unspecified atom stereocenters. The molecule has 148 valence electrons. The number of unbranched alkanes of at least 4 members (excludes halogenated alkanes) is 1. The molecule has 0 spiro atoms. The van der Waals surface area contributed by atoms with E-state index in [1.165, 1.54) is 44.9 Å². The number of hydrogen-bond donors (Lipinski definition) is 2. The third-order valence-electron chi connectivity index (χ3n) is 7.09. The van der Waals surface area contributed by atoms with Gasteiger partial charge in [0.1, 0.15) is 0 Å². The zero-order valence-corrected chi connectivity index (χ0v) is 16.6. The molecule has 0 radical (unpaired) electrons. The summed E-state index contributed by atoms with van der Waals surface area (Å²) in [5.74, 6) is 1.64. The van der Waals surface area contributed by atoms with Gasteiger partial charge < -0.3 is 10.6 Å². The van der Waals surface area contributed by atoms with Crippen LogP contribution < -0.4 is 10.6 Å². The lowest BCUT2D eigenvalue weighted by atomic mass is 9.84.